The van der Waals surface area contributed by atoms with E-state index in [9.17, 15) is 19.5 Å². The molecule has 3 amide bonds. The van der Waals surface area contributed by atoms with Gasteiger partial charge >= 0.3 is 17.8 Å². The van der Waals surface area contributed by atoms with Gasteiger partial charge in [-0.1, -0.05) is 6.08 Å². The minimum atomic E-state index is -0.784. The number of rotatable bonds is 4. The van der Waals surface area contributed by atoms with Gasteiger partial charge in [-0.25, -0.2) is 19.3 Å². The largest absolute Gasteiger partial charge is 0.859 e. The first-order valence-electron chi connectivity index (χ1n) is 8.36. The van der Waals surface area contributed by atoms with Gasteiger partial charge in [-0.15, -0.1) is 11.7 Å². The molecule has 1 saturated heterocycles. The Kier molecular flexibility index (Phi) is 5.10. The number of hydrogen-bond donors (Lipinski definition) is 2. The van der Waals surface area contributed by atoms with Gasteiger partial charge in [0.15, 0.2) is 4.77 Å². The van der Waals surface area contributed by atoms with Crippen LogP contribution in [0.5, 0.6) is 5.88 Å². The number of hydrazone groups is 1. The maximum absolute atomic E-state index is 12.4. The zero-order valence-electron chi connectivity index (χ0n) is 15.9. The highest BCUT2D eigenvalue weighted by Gasteiger charge is 2.53. The molecule has 0 aromatic carbocycles. The van der Waals surface area contributed by atoms with Gasteiger partial charge in [0, 0.05) is 20.6 Å². The van der Waals surface area contributed by atoms with Crippen LogP contribution in [0.4, 0.5) is 4.79 Å². The van der Waals surface area contributed by atoms with E-state index in [1.165, 1.54) is 34.5 Å². The lowest BCUT2D eigenvalue weighted by atomic mass is 10.1. The molecule has 0 aliphatic carbocycles. The number of carbonyl (C=O) groups excluding carboxylic acids is 2. The molecule has 1 fully saturated rings. The Hall–Kier alpha value is -3.70. The van der Waals surface area contributed by atoms with Crippen molar-refractivity contribution in [2.75, 3.05) is 21.1 Å². The number of carbonyl (C=O) groups is 2. The molecule has 1 unspecified atom stereocenters. The number of nitrogens with one attached hydrogen (secondary N) is 2. The summed E-state index contributed by atoms with van der Waals surface area (Å²) in [6, 6.07) is -1.28. The Morgan fingerprint density at radius 3 is 2.66 bits per heavy atom. The van der Waals surface area contributed by atoms with Crippen LogP contribution in [0.3, 0.4) is 0 Å². The Balaban J connectivity index is 1.90. The summed E-state index contributed by atoms with van der Waals surface area (Å²) in [7, 11) is 4.50. The Bertz CT molecular complexity index is 1130. The minimum Gasteiger partial charge on any atom is -0.859 e. The van der Waals surface area contributed by atoms with Crippen molar-refractivity contribution in [1.82, 2.24) is 34.3 Å². The highest BCUT2D eigenvalue weighted by atomic mass is 32.1. The number of aromatic nitrogens is 2. The van der Waals surface area contributed by atoms with Crippen molar-refractivity contribution in [3.63, 3.8) is 0 Å². The number of amidine groups is 1. The van der Waals surface area contributed by atoms with Crippen molar-refractivity contribution < 1.29 is 14.7 Å². The summed E-state index contributed by atoms with van der Waals surface area (Å²) in [6.07, 6.45) is 2.52. The molecular formula is C16H18N8O4S. The second-order valence-corrected chi connectivity index (χ2v) is 6.68. The van der Waals surface area contributed by atoms with E-state index < -0.39 is 29.4 Å². The van der Waals surface area contributed by atoms with Gasteiger partial charge in [-0.3, -0.25) is 19.5 Å². The molecule has 0 spiro atoms. The first-order valence-corrected chi connectivity index (χ1v) is 8.77. The zero-order valence-corrected chi connectivity index (χ0v) is 16.7. The fourth-order valence-electron chi connectivity index (χ4n) is 2.91. The van der Waals surface area contributed by atoms with Crippen LogP contribution in [-0.4, -0.2) is 81.4 Å². The van der Waals surface area contributed by atoms with E-state index in [0.717, 1.165) is 11.1 Å². The van der Waals surface area contributed by atoms with Crippen LogP contribution in [0.25, 0.3) is 0 Å². The molecule has 0 radical (unpaired) electrons. The summed E-state index contributed by atoms with van der Waals surface area (Å²) in [6.45, 7) is 3.68. The molecule has 152 valence electrons. The maximum Gasteiger partial charge on any atom is 0.421 e. The van der Waals surface area contributed by atoms with E-state index in [-0.39, 0.29) is 28.7 Å². The Labute approximate surface area is 169 Å². The van der Waals surface area contributed by atoms with E-state index in [0.29, 0.717) is 0 Å². The molecule has 1 aromatic heterocycles. The van der Waals surface area contributed by atoms with E-state index >= 15 is 0 Å². The van der Waals surface area contributed by atoms with Crippen molar-refractivity contribution >= 4 is 42.2 Å². The molecule has 12 nitrogen and oxygen atoms in total. The number of H-pyrrole nitrogens is 1. The van der Waals surface area contributed by atoms with Gasteiger partial charge in [0.05, 0.1) is 18.8 Å². The normalized spacial score (nSPS) is 18.9. The molecule has 0 bridgehead atoms. The van der Waals surface area contributed by atoms with E-state index in [1.807, 2.05) is 0 Å². The smallest absolute Gasteiger partial charge is 0.421 e. The number of amides is 3. The lowest BCUT2D eigenvalue weighted by molar-refractivity contribution is -0.280. The molecule has 0 saturated carbocycles. The number of nitrogens with zero attached hydrogens (tertiary/aromatic N) is 6. The van der Waals surface area contributed by atoms with Gasteiger partial charge in [0.2, 0.25) is 6.04 Å². The topological polar surface area (TPSA) is 143 Å². The second kappa shape index (κ2) is 7.37. The molecule has 2 aliphatic heterocycles. The third kappa shape index (κ3) is 3.22. The first kappa shape index (κ1) is 20.0. The van der Waals surface area contributed by atoms with Crippen molar-refractivity contribution in [2.24, 2.45) is 5.10 Å². The number of urea groups is 1. The predicted molar refractivity (Wildman–Crippen MR) is 106 cm³/mol. The van der Waals surface area contributed by atoms with Crippen molar-refractivity contribution in [1.29, 1.82) is 0 Å². The van der Waals surface area contributed by atoms with Gasteiger partial charge in [0.25, 0.3) is 11.5 Å². The van der Waals surface area contributed by atoms with E-state index in [4.69, 9.17) is 12.2 Å². The third-order valence-electron chi connectivity index (χ3n) is 4.52. The number of likely N-dealkylation sites (N-methyl/N-ethyl adjacent to an activating group) is 3. The summed E-state index contributed by atoms with van der Waals surface area (Å²) in [5.74, 6) is -0.622. The number of aromatic amines is 1. The van der Waals surface area contributed by atoms with Crippen LogP contribution >= 0.6 is 12.2 Å². The summed E-state index contributed by atoms with van der Waals surface area (Å²) < 4.78 is 5.39. The molecule has 1 aromatic rings. The number of imide groups is 1. The number of allylic oxidation sites excluding steroid dienone is 1. The van der Waals surface area contributed by atoms with Crippen molar-refractivity contribution in [3.05, 3.63) is 33.3 Å². The number of fused-ring (bicyclic) bond motifs is 1. The molecule has 2 aliphatic rings. The Morgan fingerprint density at radius 1 is 1.31 bits per heavy atom. The van der Waals surface area contributed by atoms with Gasteiger partial charge < -0.3 is 9.67 Å². The van der Waals surface area contributed by atoms with E-state index in [2.05, 4.69) is 26.8 Å². The average Bonchev–Trinajstić information content (AvgIpc) is 3.01. The van der Waals surface area contributed by atoms with Crippen LogP contribution < -0.4 is 20.8 Å². The third-order valence-corrected chi connectivity index (χ3v) is 4.85. The van der Waals surface area contributed by atoms with Crippen LogP contribution in [0.15, 0.2) is 22.6 Å². The fraction of sp³-hybridized carbons (Fsp3) is 0.312. The molecule has 1 atom stereocenters. The monoisotopic (exact) mass is 418 g/mol. The molecule has 3 rings (SSSR count). The van der Waals surface area contributed by atoms with Crippen LogP contribution in [-0.2, 0) is 11.3 Å². The lowest BCUT2D eigenvalue weighted by Crippen LogP contribution is -2.63. The summed E-state index contributed by atoms with van der Waals surface area (Å²) in [5, 5.41) is 16.3. The highest BCUT2D eigenvalue weighted by Crippen LogP contribution is 2.16. The molecule has 29 heavy (non-hydrogen) atoms. The fourth-order valence-corrected chi connectivity index (χ4v) is 3.16. The van der Waals surface area contributed by atoms with Crippen molar-refractivity contribution in [3.8, 4) is 5.88 Å². The Morgan fingerprint density at radius 2 is 2.00 bits per heavy atom. The summed E-state index contributed by atoms with van der Waals surface area (Å²) in [5.41, 5.74) is 1.68. The molecule has 13 heteroatoms. The van der Waals surface area contributed by atoms with Gasteiger partial charge in [-0.2, -0.15) is 5.43 Å². The quantitative estimate of drug-likeness (QED) is 0.185. The number of hydrogen-bond acceptors (Lipinski definition) is 8. The van der Waals surface area contributed by atoms with Gasteiger partial charge in [-0.05, 0) is 18.1 Å². The van der Waals surface area contributed by atoms with Crippen molar-refractivity contribution in [2.45, 2.75) is 12.6 Å². The summed E-state index contributed by atoms with van der Waals surface area (Å²) in [4.78, 5) is 42.7. The predicted octanol–water partition coefficient (Wildman–Crippen LogP) is -2.25. The molecule has 2 N–H and O–H groups in total. The number of guanidine groups is 1. The minimum absolute atomic E-state index is 0.0132. The summed E-state index contributed by atoms with van der Waals surface area (Å²) >= 11 is 4.97. The standard InChI is InChI=1S/C16H18N8O4S/c1-5-6-24-12(26)8(11(25)19-15(24)29)7-17-20-14-18-10-9(21(14)2)13(27)23(4)16(28)22(10)3/h5,7,9H,1,6H2,2-4H3,(H2,17,19,25,26,29). The van der Waals surface area contributed by atoms with E-state index in [1.54, 1.807) is 7.05 Å². The van der Waals surface area contributed by atoms with Gasteiger partial charge in [0.1, 0.15) is 0 Å². The second-order valence-electron chi connectivity index (χ2n) is 6.29. The van der Waals surface area contributed by atoms with Crippen LogP contribution in [0.2, 0.25) is 0 Å². The lowest BCUT2D eigenvalue weighted by Gasteiger charge is -2.30. The molecular weight excluding hydrogens is 400 g/mol. The zero-order chi connectivity index (χ0) is 21.5. The van der Waals surface area contributed by atoms with Crippen LogP contribution in [0.1, 0.15) is 5.56 Å². The average molecular weight is 418 g/mol. The SMILES string of the molecule is C=CCn1c([O-])c(/C=N/NC2=[N+]=C3C(C(=O)N(C)C(=O)N3C)N2C)c(=O)[nH]c1=S. The highest BCUT2D eigenvalue weighted by molar-refractivity contribution is 7.71. The molecule has 3 heterocycles. The maximum atomic E-state index is 12.4. The van der Waals surface area contributed by atoms with Crippen LogP contribution in [0, 0.1) is 4.77 Å². The first-order chi connectivity index (χ1) is 13.7.